The largest absolute Gasteiger partial charge is 0.396 e. The predicted octanol–water partition coefficient (Wildman–Crippen LogP) is 1.20. The van der Waals surface area contributed by atoms with Gasteiger partial charge in [0.2, 0.25) is 0 Å². The van der Waals surface area contributed by atoms with Gasteiger partial charge in [-0.25, -0.2) is 0 Å². The van der Waals surface area contributed by atoms with Gasteiger partial charge in [-0.05, 0) is 45.4 Å². The van der Waals surface area contributed by atoms with Crippen LogP contribution in [-0.4, -0.2) is 53.9 Å². The Kier molecular flexibility index (Phi) is 4.87. The third kappa shape index (κ3) is 3.12. The Morgan fingerprint density at radius 2 is 1.74 bits per heavy atom. The molecule has 0 amide bonds. The molecule has 112 valence electrons. The summed E-state index contributed by atoms with van der Waals surface area (Å²) in [5, 5.41) is 9.25. The SMILES string of the molecule is C[C@@H]1CCC[C@H](C)N1S(=O)(=O)N1CCCC(CO)C1. The zero-order valence-electron chi connectivity index (χ0n) is 12.0. The van der Waals surface area contributed by atoms with Crippen molar-refractivity contribution in [2.75, 3.05) is 19.7 Å². The third-order valence-electron chi connectivity index (χ3n) is 4.45. The zero-order chi connectivity index (χ0) is 14.0. The van der Waals surface area contributed by atoms with E-state index in [0.29, 0.717) is 13.1 Å². The molecule has 1 N–H and O–H groups in total. The van der Waals surface area contributed by atoms with Crippen LogP contribution in [0, 0.1) is 5.92 Å². The summed E-state index contributed by atoms with van der Waals surface area (Å²) in [5.74, 6) is 0.0962. The fourth-order valence-electron chi connectivity index (χ4n) is 3.37. The average Bonchev–Trinajstić information content (AvgIpc) is 2.38. The van der Waals surface area contributed by atoms with Crippen LogP contribution in [0.4, 0.5) is 0 Å². The first kappa shape index (κ1) is 15.2. The molecular formula is C13H26N2O3S. The quantitative estimate of drug-likeness (QED) is 0.849. The second-order valence-corrected chi connectivity index (χ2v) is 7.85. The van der Waals surface area contributed by atoms with Crippen LogP contribution in [-0.2, 0) is 10.2 Å². The first-order valence-corrected chi connectivity index (χ1v) is 8.76. The van der Waals surface area contributed by atoms with Gasteiger partial charge < -0.3 is 5.11 Å². The number of hydrogen-bond acceptors (Lipinski definition) is 3. The van der Waals surface area contributed by atoms with E-state index in [1.807, 2.05) is 13.8 Å². The highest BCUT2D eigenvalue weighted by Crippen LogP contribution is 2.29. The predicted molar refractivity (Wildman–Crippen MR) is 74.9 cm³/mol. The first-order chi connectivity index (χ1) is 8.96. The van der Waals surface area contributed by atoms with Crippen LogP contribution in [0.15, 0.2) is 0 Å². The molecule has 6 heteroatoms. The molecule has 0 aromatic carbocycles. The Morgan fingerprint density at radius 3 is 2.32 bits per heavy atom. The van der Waals surface area contributed by atoms with Gasteiger partial charge in [0.1, 0.15) is 0 Å². The first-order valence-electron chi connectivity index (χ1n) is 7.36. The number of aliphatic hydroxyl groups is 1. The van der Waals surface area contributed by atoms with Crippen molar-refractivity contribution < 1.29 is 13.5 Å². The molecule has 2 heterocycles. The third-order valence-corrected chi connectivity index (χ3v) is 6.68. The fraction of sp³-hybridized carbons (Fsp3) is 1.00. The highest BCUT2D eigenvalue weighted by Gasteiger charge is 2.39. The molecule has 2 fully saturated rings. The molecule has 2 aliphatic rings. The van der Waals surface area contributed by atoms with Gasteiger partial charge in [0, 0.05) is 31.8 Å². The monoisotopic (exact) mass is 290 g/mol. The van der Waals surface area contributed by atoms with Gasteiger partial charge in [-0.2, -0.15) is 17.0 Å². The van der Waals surface area contributed by atoms with Gasteiger partial charge in [-0.3, -0.25) is 0 Å². The normalized spacial score (nSPS) is 35.4. The van der Waals surface area contributed by atoms with E-state index in [1.54, 1.807) is 8.61 Å². The molecule has 0 aliphatic carbocycles. The minimum absolute atomic E-state index is 0.0805. The van der Waals surface area contributed by atoms with E-state index in [4.69, 9.17) is 0 Å². The van der Waals surface area contributed by atoms with Gasteiger partial charge in [0.15, 0.2) is 0 Å². The lowest BCUT2D eigenvalue weighted by Crippen LogP contribution is -2.55. The van der Waals surface area contributed by atoms with E-state index < -0.39 is 10.2 Å². The summed E-state index contributed by atoms with van der Waals surface area (Å²) < 4.78 is 28.9. The summed E-state index contributed by atoms with van der Waals surface area (Å²) >= 11 is 0. The number of piperidine rings is 2. The Hall–Kier alpha value is -0.170. The fourth-order valence-corrected chi connectivity index (χ4v) is 5.52. The molecule has 0 saturated carbocycles. The topological polar surface area (TPSA) is 60.9 Å². The van der Waals surface area contributed by atoms with E-state index in [-0.39, 0.29) is 24.6 Å². The van der Waals surface area contributed by atoms with Crippen molar-refractivity contribution in [3.63, 3.8) is 0 Å². The molecule has 1 unspecified atom stereocenters. The van der Waals surface area contributed by atoms with Crippen molar-refractivity contribution in [3.8, 4) is 0 Å². The molecule has 0 aromatic rings. The maximum atomic E-state index is 12.8. The molecule has 3 atom stereocenters. The molecule has 0 aromatic heterocycles. The lowest BCUT2D eigenvalue weighted by Gasteiger charge is -2.42. The van der Waals surface area contributed by atoms with Crippen LogP contribution in [0.3, 0.4) is 0 Å². The van der Waals surface area contributed by atoms with E-state index in [9.17, 15) is 13.5 Å². The molecule has 5 nitrogen and oxygen atoms in total. The van der Waals surface area contributed by atoms with Crippen molar-refractivity contribution in [1.29, 1.82) is 0 Å². The summed E-state index contributed by atoms with van der Waals surface area (Å²) in [6.45, 7) is 5.14. The lowest BCUT2D eigenvalue weighted by molar-refractivity contribution is 0.145. The number of hydrogen-bond donors (Lipinski definition) is 1. The second-order valence-electron chi connectivity index (χ2n) is 6.02. The Morgan fingerprint density at radius 1 is 1.11 bits per heavy atom. The van der Waals surface area contributed by atoms with Gasteiger partial charge in [-0.1, -0.05) is 6.42 Å². The Bertz CT molecular complexity index is 389. The molecule has 0 spiro atoms. The molecule has 2 rings (SSSR count). The van der Waals surface area contributed by atoms with Crippen LogP contribution in [0.25, 0.3) is 0 Å². The smallest absolute Gasteiger partial charge is 0.282 e. The van der Waals surface area contributed by atoms with Gasteiger partial charge in [0.05, 0.1) is 0 Å². The van der Waals surface area contributed by atoms with E-state index >= 15 is 0 Å². The Balaban J connectivity index is 2.16. The van der Waals surface area contributed by atoms with Crippen LogP contribution >= 0.6 is 0 Å². The Labute approximate surface area is 116 Å². The van der Waals surface area contributed by atoms with Crippen molar-refractivity contribution in [1.82, 2.24) is 8.61 Å². The number of nitrogens with zero attached hydrogens (tertiary/aromatic N) is 2. The van der Waals surface area contributed by atoms with Crippen LogP contribution in [0.5, 0.6) is 0 Å². The van der Waals surface area contributed by atoms with E-state index in [2.05, 4.69) is 0 Å². The molecular weight excluding hydrogens is 264 g/mol. The van der Waals surface area contributed by atoms with E-state index in [1.165, 1.54) is 0 Å². The zero-order valence-corrected chi connectivity index (χ0v) is 12.8. The van der Waals surface area contributed by atoms with Crippen molar-refractivity contribution in [3.05, 3.63) is 0 Å². The maximum Gasteiger partial charge on any atom is 0.282 e. The van der Waals surface area contributed by atoms with Crippen molar-refractivity contribution in [2.45, 2.75) is 58.0 Å². The van der Waals surface area contributed by atoms with Gasteiger partial charge in [-0.15, -0.1) is 0 Å². The van der Waals surface area contributed by atoms with Crippen molar-refractivity contribution >= 4 is 10.2 Å². The van der Waals surface area contributed by atoms with Gasteiger partial charge in [0.25, 0.3) is 10.2 Å². The maximum absolute atomic E-state index is 12.8. The van der Waals surface area contributed by atoms with E-state index in [0.717, 1.165) is 32.1 Å². The minimum atomic E-state index is -3.37. The van der Waals surface area contributed by atoms with Crippen LogP contribution < -0.4 is 0 Å². The highest BCUT2D eigenvalue weighted by molar-refractivity contribution is 7.86. The minimum Gasteiger partial charge on any atom is -0.396 e. The summed E-state index contributed by atoms with van der Waals surface area (Å²) in [7, 11) is -3.37. The summed E-state index contributed by atoms with van der Waals surface area (Å²) in [4.78, 5) is 0. The standard InChI is InChI=1S/C13H26N2O3S/c1-11-5-3-6-12(2)15(11)19(17,18)14-8-4-7-13(9-14)10-16/h11-13,16H,3-10H2,1-2H3/t11-,12+,13?. The molecule has 19 heavy (non-hydrogen) atoms. The van der Waals surface area contributed by atoms with Crippen molar-refractivity contribution in [2.24, 2.45) is 5.92 Å². The van der Waals surface area contributed by atoms with Gasteiger partial charge >= 0.3 is 0 Å². The average molecular weight is 290 g/mol. The second kappa shape index (κ2) is 6.08. The van der Waals surface area contributed by atoms with Crippen LogP contribution in [0.2, 0.25) is 0 Å². The number of aliphatic hydroxyl groups excluding tert-OH is 1. The summed E-state index contributed by atoms with van der Waals surface area (Å²) in [6, 6.07) is 0.173. The molecule has 2 aliphatic heterocycles. The highest BCUT2D eigenvalue weighted by atomic mass is 32.2. The molecule has 0 radical (unpaired) electrons. The van der Waals surface area contributed by atoms with Crippen LogP contribution in [0.1, 0.15) is 46.0 Å². The molecule has 2 saturated heterocycles. The summed E-state index contributed by atoms with van der Waals surface area (Å²) in [5.41, 5.74) is 0. The molecule has 0 bridgehead atoms. The number of rotatable bonds is 3. The lowest BCUT2D eigenvalue weighted by atomic mass is 10.0. The summed E-state index contributed by atoms with van der Waals surface area (Å²) in [6.07, 6.45) is 4.77.